The molecule has 0 amide bonds. The maximum atomic E-state index is 3.72. The fraction of sp³-hybridized carbons (Fsp3) is 0.0625. The van der Waals surface area contributed by atoms with E-state index < -0.39 is 0 Å². The molecule has 164 valence electrons. The fourth-order valence-electron chi connectivity index (χ4n) is 5.21. The lowest BCUT2D eigenvalue weighted by molar-refractivity contribution is 0.967. The van der Waals surface area contributed by atoms with E-state index in [1.54, 1.807) is 0 Å². The Morgan fingerprint density at radius 1 is 0.618 bits per heavy atom. The van der Waals surface area contributed by atoms with Gasteiger partial charge in [0.15, 0.2) is 0 Å². The molecule has 0 spiro atoms. The molecule has 0 N–H and O–H groups in total. The Labute approximate surface area is 208 Å². The summed E-state index contributed by atoms with van der Waals surface area (Å²) in [6, 6.07) is 39.2. The van der Waals surface area contributed by atoms with Crippen LogP contribution in [0.3, 0.4) is 0 Å². The van der Waals surface area contributed by atoms with Gasteiger partial charge in [-0.05, 0) is 63.6 Å². The quantitative estimate of drug-likeness (QED) is 0.231. The molecule has 0 atom stereocenters. The molecule has 0 aliphatic heterocycles. The van der Waals surface area contributed by atoms with Crippen molar-refractivity contribution < 1.29 is 0 Å². The van der Waals surface area contributed by atoms with Gasteiger partial charge in [0.05, 0.1) is 0 Å². The molecule has 1 aliphatic carbocycles. The van der Waals surface area contributed by atoms with Crippen LogP contribution in [-0.4, -0.2) is 4.57 Å². The molecule has 1 heterocycles. The predicted molar refractivity (Wildman–Crippen MR) is 148 cm³/mol. The van der Waals surface area contributed by atoms with Gasteiger partial charge in [-0.15, -0.1) is 0 Å². The lowest BCUT2D eigenvalue weighted by Crippen LogP contribution is -1.92. The van der Waals surface area contributed by atoms with E-state index in [2.05, 4.69) is 143 Å². The molecule has 1 aromatic heterocycles. The van der Waals surface area contributed by atoms with Gasteiger partial charge in [0.1, 0.15) is 0 Å². The summed E-state index contributed by atoms with van der Waals surface area (Å²) in [5.41, 5.74) is 11.8. The van der Waals surface area contributed by atoms with E-state index in [-0.39, 0.29) is 0 Å². The fourth-order valence-corrected chi connectivity index (χ4v) is 5.57. The molecule has 34 heavy (non-hydrogen) atoms. The standard InChI is InChI=1S/C32H24BrN/c1-34-21-29(28-19-25(33)17-18-30(28)34)32-27(23-13-7-3-8-14-23)20-26(22-11-5-2-6-12-22)31(32)24-15-9-4-10-16-24/h2-19,21H,20H2,1H3. The minimum atomic E-state index is 0.901. The highest BCUT2D eigenvalue weighted by atomic mass is 79.9. The van der Waals surface area contributed by atoms with E-state index in [0.29, 0.717) is 0 Å². The first-order valence-electron chi connectivity index (χ1n) is 11.6. The summed E-state index contributed by atoms with van der Waals surface area (Å²) in [5, 5.41) is 1.27. The number of hydrogen-bond acceptors (Lipinski definition) is 0. The molecule has 0 fully saturated rings. The summed E-state index contributed by atoms with van der Waals surface area (Å²) in [6.07, 6.45) is 3.20. The van der Waals surface area contributed by atoms with Crippen molar-refractivity contribution >= 4 is 49.1 Å². The number of halogens is 1. The highest BCUT2D eigenvalue weighted by Gasteiger charge is 2.30. The zero-order valence-corrected chi connectivity index (χ0v) is 20.6. The SMILES string of the molecule is Cn1cc(C2=C(c3ccccc3)CC(c3ccccc3)=C2c2ccccc2)c2cc(Br)ccc21. The summed E-state index contributed by atoms with van der Waals surface area (Å²) in [5.74, 6) is 0. The van der Waals surface area contributed by atoms with Crippen molar-refractivity contribution in [3.63, 3.8) is 0 Å². The van der Waals surface area contributed by atoms with Gasteiger partial charge >= 0.3 is 0 Å². The predicted octanol–water partition coefficient (Wildman–Crippen LogP) is 8.87. The second-order valence-corrected chi connectivity index (χ2v) is 9.71. The Morgan fingerprint density at radius 2 is 1.15 bits per heavy atom. The first kappa shape index (κ1) is 20.9. The van der Waals surface area contributed by atoms with Gasteiger partial charge in [-0.2, -0.15) is 0 Å². The number of rotatable bonds is 4. The third-order valence-corrected chi connectivity index (χ3v) is 7.23. The molecular formula is C32H24BrN. The minimum absolute atomic E-state index is 0.901. The molecule has 4 aromatic carbocycles. The van der Waals surface area contributed by atoms with E-state index in [4.69, 9.17) is 0 Å². The van der Waals surface area contributed by atoms with E-state index in [9.17, 15) is 0 Å². The second kappa shape index (κ2) is 8.62. The summed E-state index contributed by atoms with van der Waals surface area (Å²) in [7, 11) is 2.14. The normalized spacial score (nSPS) is 13.8. The van der Waals surface area contributed by atoms with Gasteiger partial charge in [0.25, 0.3) is 0 Å². The van der Waals surface area contributed by atoms with Crippen LogP contribution in [0.25, 0.3) is 33.2 Å². The number of aromatic nitrogens is 1. The Bertz CT molecular complexity index is 1560. The molecule has 1 aliphatic rings. The minimum Gasteiger partial charge on any atom is -0.350 e. The van der Waals surface area contributed by atoms with Crippen LogP contribution < -0.4 is 0 Å². The molecule has 0 unspecified atom stereocenters. The Morgan fingerprint density at radius 3 is 1.74 bits per heavy atom. The van der Waals surface area contributed by atoms with Gasteiger partial charge in [-0.1, -0.05) is 107 Å². The van der Waals surface area contributed by atoms with Crippen LogP contribution in [0.5, 0.6) is 0 Å². The monoisotopic (exact) mass is 501 g/mol. The average Bonchev–Trinajstić information content (AvgIpc) is 3.43. The van der Waals surface area contributed by atoms with Crippen LogP contribution in [0.2, 0.25) is 0 Å². The first-order chi connectivity index (χ1) is 16.7. The zero-order valence-electron chi connectivity index (χ0n) is 19.0. The molecule has 0 radical (unpaired) electrons. The summed E-state index contributed by atoms with van der Waals surface area (Å²) < 4.78 is 3.34. The van der Waals surface area contributed by atoms with E-state index in [1.807, 2.05) is 0 Å². The number of fused-ring (bicyclic) bond motifs is 1. The van der Waals surface area contributed by atoms with E-state index in [0.717, 1.165) is 10.9 Å². The first-order valence-corrected chi connectivity index (χ1v) is 12.4. The number of allylic oxidation sites excluding steroid dienone is 4. The summed E-state index contributed by atoms with van der Waals surface area (Å²) in [4.78, 5) is 0. The molecule has 0 saturated carbocycles. The Balaban J connectivity index is 1.72. The van der Waals surface area contributed by atoms with Crippen molar-refractivity contribution in [1.29, 1.82) is 0 Å². The summed E-state index contributed by atoms with van der Waals surface area (Å²) in [6.45, 7) is 0. The van der Waals surface area contributed by atoms with E-state index >= 15 is 0 Å². The van der Waals surface area contributed by atoms with Crippen LogP contribution >= 0.6 is 15.9 Å². The molecule has 0 bridgehead atoms. The van der Waals surface area contributed by atoms with Crippen LogP contribution in [0.15, 0.2) is 120 Å². The van der Waals surface area contributed by atoms with Crippen molar-refractivity contribution in [2.45, 2.75) is 6.42 Å². The molecule has 6 rings (SSSR count). The molecule has 5 aromatic rings. The number of nitrogens with zero attached hydrogens (tertiary/aromatic N) is 1. The van der Waals surface area contributed by atoms with Crippen molar-refractivity contribution in [1.82, 2.24) is 4.57 Å². The van der Waals surface area contributed by atoms with E-state index in [1.165, 1.54) is 55.4 Å². The zero-order chi connectivity index (χ0) is 23.1. The van der Waals surface area contributed by atoms with Crippen molar-refractivity contribution in [3.8, 4) is 0 Å². The van der Waals surface area contributed by atoms with Crippen LogP contribution in [-0.2, 0) is 7.05 Å². The third-order valence-electron chi connectivity index (χ3n) is 6.73. The largest absolute Gasteiger partial charge is 0.350 e. The van der Waals surface area contributed by atoms with Crippen molar-refractivity contribution in [2.24, 2.45) is 7.05 Å². The highest BCUT2D eigenvalue weighted by Crippen LogP contribution is 2.52. The number of benzene rings is 4. The van der Waals surface area contributed by atoms with Gasteiger partial charge in [0, 0.05) is 34.2 Å². The van der Waals surface area contributed by atoms with Gasteiger partial charge in [-0.3, -0.25) is 0 Å². The van der Waals surface area contributed by atoms with Crippen molar-refractivity contribution in [2.75, 3.05) is 0 Å². The molecule has 0 saturated heterocycles. The maximum absolute atomic E-state index is 3.72. The third kappa shape index (κ3) is 3.55. The molecule has 2 heteroatoms. The lowest BCUT2D eigenvalue weighted by Gasteiger charge is -2.14. The Hall–Kier alpha value is -3.62. The van der Waals surface area contributed by atoms with Gasteiger partial charge < -0.3 is 4.57 Å². The number of aryl methyl sites for hydroxylation is 1. The Kier molecular flexibility index (Phi) is 5.31. The average molecular weight is 502 g/mol. The lowest BCUT2D eigenvalue weighted by atomic mass is 9.89. The summed E-state index contributed by atoms with van der Waals surface area (Å²) >= 11 is 3.72. The van der Waals surface area contributed by atoms with Gasteiger partial charge in [-0.25, -0.2) is 0 Å². The topological polar surface area (TPSA) is 4.93 Å². The van der Waals surface area contributed by atoms with Crippen LogP contribution in [0, 0.1) is 0 Å². The number of hydrogen-bond donors (Lipinski definition) is 0. The van der Waals surface area contributed by atoms with Gasteiger partial charge in [0.2, 0.25) is 0 Å². The molecular weight excluding hydrogens is 478 g/mol. The maximum Gasteiger partial charge on any atom is 0.0484 e. The smallest absolute Gasteiger partial charge is 0.0484 e. The van der Waals surface area contributed by atoms with Crippen LogP contribution in [0.4, 0.5) is 0 Å². The highest BCUT2D eigenvalue weighted by molar-refractivity contribution is 9.10. The molecule has 1 nitrogen and oxygen atoms in total. The van der Waals surface area contributed by atoms with Crippen molar-refractivity contribution in [3.05, 3.63) is 142 Å². The second-order valence-electron chi connectivity index (χ2n) is 8.80. The van der Waals surface area contributed by atoms with Crippen LogP contribution in [0.1, 0.15) is 28.7 Å².